The lowest BCUT2D eigenvalue weighted by Gasteiger charge is -2.41. The fourth-order valence-corrected chi connectivity index (χ4v) is 4.64. The number of carbonyl (C=O) groups is 3. The minimum atomic E-state index is -0.996. The quantitative estimate of drug-likeness (QED) is 0.468. The van der Waals surface area contributed by atoms with Crippen LogP contribution in [0.2, 0.25) is 0 Å². The fourth-order valence-electron chi connectivity index (χ4n) is 4.64. The van der Waals surface area contributed by atoms with Gasteiger partial charge in [-0.2, -0.15) is 0 Å². The van der Waals surface area contributed by atoms with Crippen LogP contribution >= 0.6 is 0 Å². The highest BCUT2D eigenvalue weighted by Gasteiger charge is 2.36. The first-order valence-corrected chi connectivity index (χ1v) is 12.2. The van der Waals surface area contributed by atoms with Crippen molar-refractivity contribution in [1.29, 1.82) is 0 Å². The number of carboxylic acid groups (broad SMARTS) is 1. The van der Waals surface area contributed by atoms with Crippen molar-refractivity contribution in [2.45, 2.75) is 105 Å². The highest BCUT2D eigenvalue weighted by Crippen LogP contribution is 2.24. The molecule has 0 aromatic carbocycles. The van der Waals surface area contributed by atoms with Crippen LogP contribution in [0.4, 0.5) is 0 Å². The number of nitrogens with zero attached hydrogens (tertiary/aromatic N) is 2. The second-order valence-corrected chi connectivity index (χ2v) is 9.79. The highest BCUT2D eigenvalue weighted by atomic mass is 16.4. The summed E-state index contributed by atoms with van der Waals surface area (Å²) in [5.41, 5.74) is 0.205. The molecule has 1 aliphatic heterocycles. The summed E-state index contributed by atoms with van der Waals surface area (Å²) < 4.78 is 0. The number of likely N-dealkylation sites (N-methyl/N-ethyl adjacent to an activating group) is 1. The van der Waals surface area contributed by atoms with Gasteiger partial charge in [-0.3, -0.25) is 14.5 Å². The molecular weight excluding hydrogens is 406 g/mol. The Kier molecular flexibility index (Phi) is 11.4. The van der Waals surface area contributed by atoms with Gasteiger partial charge in [-0.25, -0.2) is 4.79 Å². The van der Waals surface area contributed by atoms with Gasteiger partial charge in [0.25, 0.3) is 0 Å². The second-order valence-electron chi connectivity index (χ2n) is 9.79. The van der Waals surface area contributed by atoms with Gasteiger partial charge in [-0.15, -0.1) is 0 Å². The average Bonchev–Trinajstić information content (AvgIpc) is 2.75. The van der Waals surface area contributed by atoms with Crippen molar-refractivity contribution in [1.82, 2.24) is 15.1 Å². The van der Waals surface area contributed by atoms with Gasteiger partial charge in [0.1, 0.15) is 6.04 Å². The van der Waals surface area contributed by atoms with E-state index in [1.165, 1.54) is 6.92 Å². The molecule has 0 aromatic heterocycles. The Morgan fingerprint density at radius 3 is 2.16 bits per heavy atom. The molecule has 1 aliphatic rings. The molecule has 1 unspecified atom stereocenters. The van der Waals surface area contributed by atoms with Crippen LogP contribution in [0.25, 0.3) is 0 Å². The number of rotatable bonds is 11. The SMILES string of the molecule is CCC(CC)N1CCCCC1C(=O)N[C@H](C(=O)N(C)[C@H](C=C(C)C(=O)O)C(C)C)C(C)C. The third-order valence-electron chi connectivity index (χ3n) is 6.72. The predicted molar refractivity (Wildman–Crippen MR) is 128 cm³/mol. The van der Waals surface area contributed by atoms with E-state index in [1.54, 1.807) is 18.0 Å². The summed E-state index contributed by atoms with van der Waals surface area (Å²) >= 11 is 0. The summed E-state index contributed by atoms with van der Waals surface area (Å²) in [7, 11) is 1.69. The molecule has 7 heteroatoms. The summed E-state index contributed by atoms with van der Waals surface area (Å²) in [6.07, 6.45) is 6.55. The van der Waals surface area contributed by atoms with Gasteiger partial charge in [0.15, 0.2) is 0 Å². The third kappa shape index (κ3) is 7.32. The summed E-state index contributed by atoms with van der Waals surface area (Å²) in [6.45, 7) is 14.5. The van der Waals surface area contributed by atoms with E-state index in [1.807, 2.05) is 27.7 Å². The molecule has 184 valence electrons. The summed E-state index contributed by atoms with van der Waals surface area (Å²) in [4.78, 5) is 42.0. The Morgan fingerprint density at radius 2 is 1.69 bits per heavy atom. The third-order valence-corrected chi connectivity index (χ3v) is 6.72. The molecule has 0 aliphatic carbocycles. The molecule has 0 bridgehead atoms. The second kappa shape index (κ2) is 13.0. The maximum Gasteiger partial charge on any atom is 0.331 e. The first-order chi connectivity index (χ1) is 15.0. The number of amides is 2. The lowest BCUT2D eigenvalue weighted by molar-refractivity contribution is -0.140. The molecule has 1 saturated heterocycles. The number of carbonyl (C=O) groups excluding carboxylic acids is 2. The standard InChI is InChI=1S/C25H45N3O4/c1-9-19(10-2)28-14-12-11-13-20(28)23(29)26-22(17(5)6)24(30)27(8)21(16(3)4)15-18(7)25(31)32/h15-17,19-22H,9-14H2,1-8H3,(H,26,29)(H,31,32)/t20?,21-,22+/m1/s1. The van der Waals surface area contributed by atoms with Gasteiger partial charge in [0, 0.05) is 18.7 Å². The highest BCUT2D eigenvalue weighted by molar-refractivity contribution is 5.90. The smallest absolute Gasteiger partial charge is 0.331 e. The molecule has 1 heterocycles. The van der Waals surface area contributed by atoms with E-state index in [-0.39, 0.29) is 41.3 Å². The van der Waals surface area contributed by atoms with Gasteiger partial charge >= 0.3 is 5.97 Å². The van der Waals surface area contributed by atoms with Crippen molar-refractivity contribution in [2.75, 3.05) is 13.6 Å². The van der Waals surface area contributed by atoms with Crippen molar-refractivity contribution in [3.63, 3.8) is 0 Å². The van der Waals surface area contributed by atoms with Crippen LogP contribution < -0.4 is 5.32 Å². The molecule has 2 N–H and O–H groups in total. The van der Waals surface area contributed by atoms with Crippen LogP contribution in [0, 0.1) is 11.8 Å². The van der Waals surface area contributed by atoms with Crippen molar-refractivity contribution >= 4 is 17.8 Å². The topological polar surface area (TPSA) is 90.0 Å². The minimum absolute atomic E-state index is 0.0328. The van der Waals surface area contributed by atoms with Crippen LogP contribution in [-0.4, -0.2) is 70.4 Å². The maximum absolute atomic E-state index is 13.4. The number of piperidine rings is 1. The number of hydrogen-bond acceptors (Lipinski definition) is 4. The largest absolute Gasteiger partial charge is 0.478 e. The molecule has 3 atom stereocenters. The van der Waals surface area contributed by atoms with E-state index in [0.717, 1.165) is 38.6 Å². The molecule has 1 rings (SSSR count). The predicted octanol–water partition coefficient (Wildman–Crippen LogP) is 3.68. The Hall–Kier alpha value is -1.89. The number of aliphatic carboxylic acids is 1. The summed E-state index contributed by atoms with van der Waals surface area (Å²) in [6, 6.07) is -0.857. The Morgan fingerprint density at radius 1 is 1.09 bits per heavy atom. The van der Waals surface area contributed by atoms with Gasteiger partial charge in [-0.05, 0) is 51.0 Å². The van der Waals surface area contributed by atoms with Gasteiger partial charge in [0.2, 0.25) is 11.8 Å². The van der Waals surface area contributed by atoms with Crippen LogP contribution in [-0.2, 0) is 14.4 Å². The van der Waals surface area contributed by atoms with Gasteiger partial charge in [0.05, 0.1) is 12.1 Å². The lowest BCUT2D eigenvalue weighted by Crippen LogP contribution is -2.59. The summed E-state index contributed by atoms with van der Waals surface area (Å²) in [5, 5.41) is 12.3. The van der Waals surface area contributed by atoms with Crippen molar-refractivity contribution in [3.05, 3.63) is 11.6 Å². The molecule has 2 amide bonds. The minimum Gasteiger partial charge on any atom is -0.478 e. The Labute approximate surface area is 194 Å². The number of hydrogen-bond donors (Lipinski definition) is 2. The Bertz CT molecular complexity index is 670. The zero-order chi connectivity index (χ0) is 24.6. The molecule has 1 fully saturated rings. The molecule has 32 heavy (non-hydrogen) atoms. The monoisotopic (exact) mass is 451 g/mol. The van der Waals surface area contributed by atoms with Crippen molar-refractivity contribution < 1.29 is 19.5 Å². The van der Waals surface area contributed by atoms with Crippen LogP contribution in [0.5, 0.6) is 0 Å². The molecular formula is C25H45N3O4. The van der Waals surface area contributed by atoms with Crippen LogP contribution in [0.3, 0.4) is 0 Å². The maximum atomic E-state index is 13.4. The van der Waals surface area contributed by atoms with E-state index in [2.05, 4.69) is 24.1 Å². The zero-order valence-corrected chi connectivity index (χ0v) is 21.4. The van der Waals surface area contributed by atoms with Gasteiger partial charge in [-0.1, -0.05) is 54.0 Å². The normalized spacial score (nSPS) is 19.8. The van der Waals surface area contributed by atoms with E-state index in [9.17, 15) is 19.5 Å². The van der Waals surface area contributed by atoms with E-state index >= 15 is 0 Å². The van der Waals surface area contributed by atoms with E-state index in [0.29, 0.717) is 6.04 Å². The number of likely N-dealkylation sites (tertiary alicyclic amines) is 1. The first kappa shape index (κ1) is 28.1. The van der Waals surface area contributed by atoms with E-state index < -0.39 is 12.0 Å². The zero-order valence-electron chi connectivity index (χ0n) is 21.4. The molecule has 0 saturated carbocycles. The molecule has 0 spiro atoms. The fraction of sp³-hybridized carbons (Fsp3) is 0.800. The lowest BCUT2D eigenvalue weighted by atomic mass is 9.94. The average molecular weight is 452 g/mol. The van der Waals surface area contributed by atoms with Crippen LogP contribution in [0.1, 0.15) is 80.6 Å². The number of carboxylic acids is 1. The number of nitrogens with one attached hydrogen (secondary N) is 1. The van der Waals surface area contributed by atoms with Crippen molar-refractivity contribution in [2.24, 2.45) is 11.8 Å². The first-order valence-electron chi connectivity index (χ1n) is 12.2. The van der Waals surface area contributed by atoms with Crippen LogP contribution in [0.15, 0.2) is 11.6 Å². The summed E-state index contributed by atoms with van der Waals surface area (Å²) in [5.74, 6) is -1.31. The Balaban J connectivity index is 3.08. The molecule has 7 nitrogen and oxygen atoms in total. The van der Waals surface area contributed by atoms with Crippen molar-refractivity contribution in [3.8, 4) is 0 Å². The van der Waals surface area contributed by atoms with Gasteiger partial charge < -0.3 is 15.3 Å². The molecule has 0 radical (unpaired) electrons. The molecule has 0 aromatic rings. The van der Waals surface area contributed by atoms with E-state index in [4.69, 9.17) is 0 Å².